The van der Waals surface area contributed by atoms with Gasteiger partial charge in [-0.15, -0.1) is 9.32 Å². The fourth-order valence-electron chi connectivity index (χ4n) is 0.892. The summed E-state index contributed by atoms with van der Waals surface area (Å²) in [5, 5.41) is 2.20. The first-order chi connectivity index (χ1) is 6.54. The molecule has 0 aliphatic heterocycles. The molecule has 14 heavy (non-hydrogen) atoms. The van der Waals surface area contributed by atoms with Gasteiger partial charge in [-0.3, -0.25) is 4.55 Å². The van der Waals surface area contributed by atoms with Crippen LogP contribution in [0.15, 0.2) is 35.6 Å². The van der Waals surface area contributed by atoms with E-state index in [1.54, 1.807) is 30.3 Å². The zero-order valence-electron chi connectivity index (χ0n) is 7.07. The monoisotopic (exact) mass is 216 g/mol. The highest BCUT2D eigenvalue weighted by molar-refractivity contribution is 7.83. The third kappa shape index (κ3) is 2.79. The Morgan fingerprint density at radius 3 is 2.29 bits per heavy atom. The number of hydrogen-bond acceptors (Lipinski definition) is 4. The zero-order chi connectivity index (χ0) is 10.6. The standard InChI is InChI=1S/C7H8N2O4S/c10-8-9(14(11,12)13)6-7-4-2-1-3-5-7/h1-5H,6H2,(H,11,12,13). The van der Waals surface area contributed by atoms with Crippen molar-refractivity contribution in [1.29, 1.82) is 0 Å². The molecule has 0 unspecified atom stereocenters. The quantitative estimate of drug-likeness (QED) is 0.461. The van der Waals surface area contributed by atoms with Crippen molar-refractivity contribution >= 4 is 10.3 Å². The summed E-state index contributed by atoms with van der Waals surface area (Å²) >= 11 is 0. The fourth-order valence-corrected chi connectivity index (χ4v) is 1.29. The largest absolute Gasteiger partial charge is 0.377 e. The maximum Gasteiger partial charge on any atom is 0.377 e. The summed E-state index contributed by atoms with van der Waals surface area (Å²) in [6.07, 6.45) is 0. The molecular weight excluding hydrogens is 208 g/mol. The van der Waals surface area contributed by atoms with Crippen molar-refractivity contribution < 1.29 is 13.0 Å². The van der Waals surface area contributed by atoms with E-state index in [0.29, 0.717) is 5.56 Å². The highest BCUT2D eigenvalue weighted by atomic mass is 32.2. The Morgan fingerprint density at radius 1 is 1.29 bits per heavy atom. The Hall–Kier alpha value is -1.47. The average Bonchev–Trinajstić information content (AvgIpc) is 2.14. The van der Waals surface area contributed by atoms with E-state index in [0.717, 1.165) is 0 Å². The minimum atomic E-state index is -4.56. The number of nitrogens with zero attached hydrogens (tertiary/aromatic N) is 2. The molecule has 0 aromatic heterocycles. The molecule has 0 atom stereocenters. The van der Waals surface area contributed by atoms with Crippen molar-refractivity contribution in [2.24, 2.45) is 5.29 Å². The lowest BCUT2D eigenvalue weighted by atomic mass is 10.2. The van der Waals surface area contributed by atoms with E-state index in [2.05, 4.69) is 5.29 Å². The van der Waals surface area contributed by atoms with E-state index < -0.39 is 10.3 Å². The second kappa shape index (κ2) is 4.16. The molecule has 6 nitrogen and oxygen atoms in total. The van der Waals surface area contributed by atoms with Crippen LogP contribution in [-0.4, -0.2) is 17.4 Å². The molecule has 0 saturated carbocycles. The van der Waals surface area contributed by atoms with Crippen molar-refractivity contribution in [2.45, 2.75) is 6.54 Å². The van der Waals surface area contributed by atoms with Crippen LogP contribution in [0.1, 0.15) is 5.56 Å². The first kappa shape index (κ1) is 10.6. The molecule has 0 aliphatic rings. The predicted octanol–water partition coefficient (Wildman–Crippen LogP) is 0.973. The highest BCUT2D eigenvalue weighted by Crippen LogP contribution is 2.07. The van der Waals surface area contributed by atoms with Crippen LogP contribution in [0, 0.1) is 4.91 Å². The van der Waals surface area contributed by atoms with Crippen LogP contribution in [0.4, 0.5) is 0 Å². The zero-order valence-corrected chi connectivity index (χ0v) is 7.88. The molecule has 1 N–H and O–H groups in total. The van der Waals surface area contributed by atoms with Gasteiger partial charge in [0, 0.05) is 0 Å². The van der Waals surface area contributed by atoms with Crippen molar-refractivity contribution in [3.63, 3.8) is 0 Å². The van der Waals surface area contributed by atoms with Crippen molar-refractivity contribution in [1.82, 2.24) is 4.41 Å². The van der Waals surface area contributed by atoms with Crippen molar-refractivity contribution in [2.75, 3.05) is 0 Å². The molecule has 0 bridgehead atoms. The summed E-state index contributed by atoms with van der Waals surface area (Å²) in [6.45, 7) is -0.275. The van der Waals surface area contributed by atoms with Crippen molar-refractivity contribution in [3.8, 4) is 0 Å². The lowest BCUT2D eigenvalue weighted by Crippen LogP contribution is -2.23. The van der Waals surface area contributed by atoms with Gasteiger partial charge in [-0.2, -0.15) is 8.42 Å². The third-order valence-electron chi connectivity index (χ3n) is 1.52. The lowest BCUT2D eigenvalue weighted by molar-refractivity contribution is 0.354. The minimum Gasteiger partial charge on any atom is -0.268 e. The van der Waals surface area contributed by atoms with E-state index in [4.69, 9.17) is 4.55 Å². The second-order valence-electron chi connectivity index (χ2n) is 2.53. The Bertz CT molecular complexity index is 403. The molecular formula is C7H8N2O4S. The van der Waals surface area contributed by atoms with E-state index in [1.807, 2.05) is 0 Å². The summed E-state index contributed by atoms with van der Waals surface area (Å²) in [7, 11) is -4.56. The van der Waals surface area contributed by atoms with Crippen LogP contribution in [0.2, 0.25) is 0 Å². The molecule has 0 spiro atoms. The van der Waals surface area contributed by atoms with Gasteiger partial charge in [-0.05, 0) is 5.56 Å². The number of nitroso groups, excluding NO2 is 1. The van der Waals surface area contributed by atoms with Gasteiger partial charge >= 0.3 is 10.3 Å². The van der Waals surface area contributed by atoms with E-state index in [1.165, 1.54) is 0 Å². The maximum absolute atomic E-state index is 10.6. The number of rotatable bonds is 4. The Labute approximate surface area is 81.0 Å². The smallest absolute Gasteiger partial charge is 0.268 e. The van der Waals surface area contributed by atoms with Gasteiger partial charge < -0.3 is 0 Å². The van der Waals surface area contributed by atoms with Gasteiger partial charge in [-0.25, -0.2) is 0 Å². The van der Waals surface area contributed by atoms with Crippen LogP contribution in [0.3, 0.4) is 0 Å². The molecule has 7 heteroatoms. The molecule has 1 aromatic carbocycles. The molecule has 0 fully saturated rings. The van der Waals surface area contributed by atoms with Crippen molar-refractivity contribution in [3.05, 3.63) is 40.8 Å². The Kier molecular flexibility index (Phi) is 3.15. The van der Waals surface area contributed by atoms with Gasteiger partial charge in [0.05, 0.1) is 11.8 Å². The predicted molar refractivity (Wildman–Crippen MR) is 49.3 cm³/mol. The summed E-state index contributed by atoms with van der Waals surface area (Å²) in [5.41, 5.74) is 0.560. The molecule has 0 aliphatic carbocycles. The average molecular weight is 216 g/mol. The minimum absolute atomic E-state index is 0.0718. The topological polar surface area (TPSA) is 87.0 Å². The molecule has 76 valence electrons. The third-order valence-corrected chi connectivity index (χ3v) is 2.25. The van der Waals surface area contributed by atoms with Crippen LogP contribution >= 0.6 is 0 Å². The second-order valence-corrected chi connectivity index (χ2v) is 3.84. The first-order valence-corrected chi connectivity index (χ1v) is 5.06. The van der Waals surface area contributed by atoms with Crippen LogP contribution in [0.5, 0.6) is 0 Å². The first-order valence-electron chi connectivity index (χ1n) is 3.66. The van der Waals surface area contributed by atoms with Gasteiger partial charge in [0.1, 0.15) is 0 Å². The molecule has 1 rings (SSSR count). The van der Waals surface area contributed by atoms with Gasteiger partial charge in [0.15, 0.2) is 0 Å². The lowest BCUT2D eigenvalue weighted by Gasteiger charge is -2.10. The summed E-state index contributed by atoms with van der Waals surface area (Å²) in [6, 6.07) is 8.34. The SMILES string of the molecule is O=NN(Cc1ccccc1)S(=O)(=O)O. The van der Waals surface area contributed by atoms with Crippen LogP contribution in [-0.2, 0) is 16.8 Å². The maximum atomic E-state index is 10.6. The Morgan fingerprint density at radius 2 is 1.86 bits per heavy atom. The summed E-state index contributed by atoms with van der Waals surface area (Å²) < 4.78 is 29.7. The number of benzene rings is 1. The molecule has 1 aromatic rings. The molecule has 0 heterocycles. The fraction of sp³-hybridized carbons (Fsp3) is 0.143. The number of hydrogen-bond donors (Lipinski definition) is 1. The molecule has 0 saturated heterocycles. The van der Waals surface area contributed by atoms with Gasteiger partial charge in [-0.1, -0.05) is 30.3 Å². The highest BCUT2D eigenvalue weighted by Gasteiger charge is 2.17. The summed E-state index contributed by atoms with van der Waals surface area (Å²) in [4.78, 5) is 10.1. The Balaban J connectivity index is 2.82. The van der Waals surface area contributed by atoms with Gasteiger partial charge in [0.2, 0.25) is 0 Å². The molecule has 0 amide bonds. The van der Waals surface area contributed by atoms with E-state index in [9.17, 15) is 13.3 Å². The van der Waals surface area contributed by atoms with E-state index in [-0.39, 0.29) is 11.0 Å². The normalized spacial score (nSPS) is 10.9. The molecule has 0 radical (unpaired) electrons. The van der Waals surface area contributed by atoms with Crippen LogP contribution in [0.25, 0.3) is 0 Å². The summed E-state index contributed by atoms with van der Waals surface area (Å²) in [5.74, 6) is 0. The van der Waals surface area contributed by atoms with Gasteiger partial charge in [0.25, 0.3) is 0 Å². The van der Waals surface area contributed by atoms with E-state index >= 15 is 0 Å². The van der Waals surface area contributed by atoms with Crippen LogP contribution < -0.4 is 0 Å².